The number of benzene rings is 2. The van der Waals surface area contributed by atoms with Crippen LogP contribution in [-0.2, 0) is 10.0 Å². The van der Waals surface area contributed by atoms with E-state index in [0.717, 1.165) is 11.3 Å². The van der Waals surface area contributed by atoms with Crippen LogP contribution >= 0.6 is 22.9 Å². The van der Waals surface area contributed by atoms with Crippen molar-refractivity contribution >= 4 is 55.5 Å². The average Bonchev–Trinajstić information content (AvgIpc) is 3.10. The van der Waals surface area contributed by atoms with E-state index in [4.69, 9.17) is 17.3 Å². The molecule has 3 aromatic rings. The van der Waals surface area contributed by atoms with E-state index in [1.807, 2.05) is 0 Å². The molecule has 0 fully saturated rings. The molecular formula is C18H14ClN3O4S2. The number of sulfonamides is 1. The predicted molar refractivity (Wildman–Crippen MR) is 109 cm³/mol. The first-order valence-corrected chi connectivity index (χ1v) is 10.6. The fourth-order valence-corrected chi connectivity index (χ4v) is 4.29. The Hall–Kier alpha value is -2.88. The third-order valence-corrected chi connectivity index (χ3v) is 6.14. The molecule has 4 N–H and O–H groups in total. The molecule has 0 aliphatic carbocycles. The molecule has 2 amide bonds. The van der Waals surface area contributed by atoms with Gasteiger partial charge in [0, 0.05) is 16.3 Å². The highest BCUT2D eigenvalue weighted by Crippen LogP contribution is 2.24. The van der Waals surface area contributed by atoms with Gasteiger partial charge in [-0.05, 0) is 53.9 Å². The maximum Gasteiger partial charge on any atom is 0.261 e. The minimum Gasteiger partial charge on any atom is -0.366 e. The van der Waals surface area contributed by atoms with Gasteiger partial charge >= 0.3 is 0 Å². The highest BCUT2D eigenvalue weighted by Gasteiger charge is 2.17. The van der Waals surface area contributed by atoms with Crippen molar-refractivity contribution in [1.82, 2.24) is 0 Å². The minimum atomic E-state index is -3.84. The first-order valence-electron chi connectivity index (χ1n) is 7.83. The molecule has 0 saturated carbocycles. The summed E-state index contributed by atoms with van der Waals surface area (Å²) in [6, 6.07) is 13.2. The zero-order valence-corrected chi connectivity index (χ0v) is 16.6. The van der Waals surface area contributed by atoms with E-state index in [0.29, 0.717) is 10.0 Å². The highest BCUT2D eigenvalue weighted by molar-refractivity contribution is 7.92. The first-order chi connectivity index (χ1) is 13.3. The lowest BCUT2D eigenvalue weighted by Crippen LogP contribution is -2.17. The molecule has 1 heterocycles. The van der Waals surface area contributed by atoms with Crippen molar-refractivity contribution in [2.24, 2.45) is 5.73 Å². The number of nitrogens with one attached hydrogen (secondary N) is 2. The molecule has 10 heteroatoms. The van der Waals surface area contributed by atoms with E-state index < -0.39 is 21.8 Å². The molecule has 0 aliphatic rings. The van der Waals surface area contributed by atoms with Gasteiger partial charge in [-0.3, -0.25) is 14.3 Å². The Balaban J connectivity index is 1.80. The Kier molecular flexibility index (Phi) is 5.68. The first kappa shape index (κ1) is 19.9. The van der Waals surface area contributed by atoms with E-state index in [1.54, 1.807) is 5.38 Å². The monoisotopic (exact) mass is 435 g/mol. The summed E-state index contributed by atoms with van der Waals surface area (Å²) < 4.78 is 27.3. The van der Waals surface area contributed by atoms with Crippen molar-refractivity contribution in [2.75, 3.05) is 10.0 Å². The molecule has 28 heavy (non-hydrogen) atoms. The van der Waals surface area contributed by atoms with Gasteiger partial charge in [0.25, 0.3) is 21.8 Å². The Morgan fingerprint density at radius 1 is 1.04 bits per heavy atom. The van der Waals surface area contributed by atoms with Gasteiger partial charge in [-0.2, -0.15) is 0 Å². The number of hydrogen-bond acceptors (Lipinski definition) is 5. The number of carbonyl (C=O) groups is 2. The number of primary amides is 1. The summed E-state index contributed by atoms with van der Waals surface area (Å²) in [6.45, 7) is 0. The fourth-order valence-electron chi connectivity index (χ4n) is 2.33. The lowest BCUT2D eigenvalue weighted by molar-refractivity contribution is 0.100. The second kappa shape index (κ2) is 8.01. The van der Waals surface area contributed by atoms with Crippen molar-refractivity contribution in [2.45, 2.75) is 4.90 Å². The summed E-state index contributed by atoms with van der Waals surface area (Å²) >= 11 is 6.94. The quantitative estimate of drug-likeness (QED) is 0.548. The summed E-state index contributed by atoms with van der Waals surface area (Å²) in [5.41, 5.74) is 5.89. The normalized spacial score (nSPS) is 11.0. The van der Waals surface area contributed by atoms with Crippen LogP contribution < -0.4 is 15.8 Å². The molecule has 1 aromatic heterocycles. The van der Waals surface area contributed by atoms with E-state index in [1.165, 1.54) is 54.6 Å². The maximum atomic E-state index is 12.5. The predicted octanol–water partition coefficient (Wildman–Crippen LogP) is 3.55. The number of anilines is 2. The van der Waals surface area contributed by atoms with Gasteiger partial charge in [0.05, 0.1) is 10.5 Å². The fraction of sp³-hybridized carbons (Fsp3) is 0. The van der Waals surface area contributed by atoms with Crippen LogP contribution in [0.15, 0.2) is 64.9 Å². The van der Waals surface area contributed by atoms with Gasteiger partial charge in [-0.25, -0.2) is 8.42 Å². The van der Waals surface area contributed by atoms with Crippen LogP contribution in [0, 0.1) is 0 Å². The highest BCUT2D eigenvalue weighted by atomic mass is 35.5. The molecule has 0 spiro atoms. The zero-order chi connectivity index (χ0) is 20.3. The molecule has 2 aromatic carbocycles. The SMILES string of the molecule is NC(=O)c1ccsc1NC(=O)c1cccc(NS(=O)(=O)c2ccc(Cl)cc2)c1. The van der Waals surface area contributed by atoms with Gasteiger partial charge in [0.15, 0.2) is 0 Å². The van der Waals surface area contributed by atoms with Gasteiger partial charge in [0.2, 0.25) is 0 Å². The van der Waals surface area contributed by atoms with Crippen LogP contribution in [0.2, 0.25) is 5.02 Å². The molecular weight excluding hydrogens is 422 g/mol. The molecule has 0 atom stereocenters. The van der Waals surface area contributed by atoms with Crippen molar-refractivity contribution in [3.63, 3.8) is 0 Å². The largest absolute Gasteiger partial charge is 0.366 e. The van der Waals surface area contributed by atoms with Crippen LogP contribution in [0.3, 0.4) is 0 Å². The Morgan fingerprint density at radius 2 is 1.75 bits per heavy atom. The van der Waals surface area contributed by atoms with Crippen molar-refractivity contribution in [3.05, 3.63) is 76.1 Å². The van der Waals surface area contributed by atoms with Gasteiger partial charge in [0.1, 0.15) is 5.00 Å². The molecule has 0 bridgehead atoms. The standard InChI is InChI=1S/C18H14ClN3O4S2/c19-12-4-6-14(7-5-12)28(25,26)22-13-3-1-2-11(10-13)17(24)21-18-15(16(20)23)8-9-27-18/h1-10,22H,(H2,20,23)(H,21,24). The summed E-state index contributed by atoms with van der Waals surface area (Å²) in [7, 11) is -3.84. The Bertz CT molecular complexity index is 1140. The number of amides is 2. The topological polar surface area (TPSA) is 118 Å². The van der Waals surface area contributed by atoms with Crippen LogP contribution in [0.25, 0.3) is 0 Å². The molecule has 0 radical (unpaired) electrons. The minimum absolute atomic E-state index is 0.0384. The van der Waals surface area contributed by atoms with E-state index in [2.05, 4.69) is 10.0 Å². The van der Waals surface area contributed by atoms with Crippen LogP contribution in [-0.4, -0.2) is 20.2 Å². The summed E-state index contributed by atoms with van der Waals surface area (Å²) in [5, 5.41) is 4.98. The van der Waals surface area contributed by atoms with Crippen LogP contribution in [0.5, 0.6) is 0 Å². The molecule has 0 saturated heterocycles. The van der Waals surface area contributed by atoms with Gasteiger partial charge in [-0.15, -0.1) is 11.3 Å². The van der Waals surface area contributed by atoms with Crippen LogP contribution in [0.4, 0.5) is 10.7 Å². The smallest absolute Gasteiger partial charge is 0.261 e. The number of hydrogen-bond donors (Lipinski definition) is 3. The third kappa shape index (κ3) is 4.50. The Labute approximate surface area is 170 Å². The zero-order valence-electron chi connectivity index (χ0n) is 14.2. The third-order valence-electron chi connectivity index (χ3n) is 3.66. The van der Waals surface area contributed by atoms with Gasteiger partial charge in [-0.1, -0.05) is 17.7 Å². The van der Waals surface area contributed by atoms with Crippen molar-refractivity contribution < 1.29 is 18.0 Å². The van der Waals surface area contributed by atoms with Crippen molar-refractivity contribution in [3.8, 4) is 0 Å². The van der Waals surface area contributed by atoms with E-state index >= 15 is 0 Å². The second-order valence-corrected chi connectivity index (χ2v) is 8.66. The van der Waals surface area contributed by atoms with Gasteiger partial charge < -0.3 is 11.1 Å². The molecule has 7 nitrogen and oxygen atoms in total. The van der Waals surface area contributed by atoms with E-state index in [9.17, 15) is 18.0 Å². The van der Waals surface area contributed by atoms with Crippen LogP contribution in [0.1, 0.15) is 20.7 Å². The summed E-state index contributed by atoms with van der Waals surface area (Å²) in [6.07, 6.45) is 0. The summed E-state index contributed by atoms with van der Waals surface area (Å²) in [4.78, 5) is 23.9. The lowest BCUT2D eigenvalue weighted by atomic mass is 10.2. The summed E-state index contributed by atoms with van der Waals surface area (Å²) in [5.74, 6) is -1.15. The number of thiophene rings is 1. The molecule has 0 aliphatic heterocycles. The average molecular weight is 436 g/mol. The van der Waals surface area contributed by atoms with Crippen molar-refractivity contribution in [1.29, 1.82) is 0 Å². The Morgan fingerprint density at radius 3 is 2.43 bits per heavy atom. The number of halogens is 1. The number of rotatable bonds is 6. The maximum absolute atomic E-state index is 12.5. The van der Waals surface area contributed by atoms with E-state index in [-0.39, 0.29) is 21.7 Å². The number of carbonyl (C=O) groups excluding carboxylic acids is 2. The molecule has 3 rings (SSSR count). The molecule has 0 unspecified atom stereocenters. The second-order valence-electron chi connectivity index (χ2n) is 5.62. The lowest BCUT2D eigenvalue weighted by Gasteiger charge is -2.10. The number of nitrogens with two attached hydrogens (primary N) is 1. The molecule has 144 valence electrons.